The first-order valence-corrected chi connectivity index (χ1v) is 10.2. The van der Waals surface area contributed by atoms with Crippen molar-refractivity contribution in [3.63, 3.8) is 0 Å². The Morgan fingerprint density at radius 1 is 1.06 bits per heavy atom. The molecule has 5 nitrogen and oxygen atoms in total. The van der Waals surface area contributed by atoms with E-state index in [9.17, 15) is 9.90 Å². The molecular weight excluding hydrogens is 388 g/mol. The Hall–Kier alpha value is -3.86. The van der Waals surface area contributed by atoms with E-state index in [1.54, 1.807) is 17.0 Å². The van der Waals surface area contributed by atoms with Gasteiger partial charge in [0.05, 0.1) is 5.69 Å². The van der Waals surface area contributed by atoms with Crippen LogP contribution in [0.1, 0.15) is 28.6 Å². The van der Waals surface area contributed by atoms with Crippen LogP contribution in [0.4, 0.5) is 0 Å². The van der Waals surface area contributed by atoms with Gasteiger partial charge in [-0.2, -0.15) is 0 Å². The van der Waals surface area contributed by atoms with E-state index in [0.29, 0.717) is 18.7 Å². The van der Waals surface area contributed by atoms with Gasteiger partial charge in [-0.3, -0.25) is 0 Å². The van der Waals surface area contributed by atoms with Crippen LogP contribution in [0.3, 0.4) is 0 Å². The van der Waals surface area contributed by atoms with Gasteiger partial charge in [-0.15, -0.1) is 0 Å². The van der Waals surface area contributed by atoms with Crippen LogP contribution in [0.25, 0.3) is 17.5 Å². The monoisotopic (exact) mass is 412 g/mol. The summed E-state index contributed by atoms with van der Waals surface area (Å²) in [5.41, 5.74) is 3.93. The molecule has 0 radical (unpaired) electrons. The van der Waals surface area contributed by atoms with Crippen molar-refractivity contribution < 1.29 is 14.3 Å². The minimum atomic E-state index is -0.835. The number of carbonyl (C=O) groups is 1. The molecule has 1 N–H and O–H groups in total. The van der Waals surface area contributed by atoms with Crippen LogP contribution in [0, 0.1) is 6.92 Å². The number of rotatable bonds is 8. The average Bonchev–Trinajstić information content (AvgIpc) is 3.44. The van der Waals surface area contributed by atoms with E-state index in [1.807, 2.05) is 79.7 Å². The van der Waals surface area contributed by atoms with Gasteiger partial charge >= 0.3 is 5.97 Å². The summed E-state index contributed by atoms with van der Waals surface area (Å²) < 4.78 is 7.53. The molecule has 2 aromatic heterocycles. The van der Waals surface area contributed by atoms with E-state index in [2.05, 4.69) is 11.1 Å². The molecule has 0 saturated heterocycles. The first-order chi connectivity index (χ1) is 15.1. The molecule has 2 aromatic carbocycles. The molecule has 5 heteroatoms. The zero-order chi connectivity index (χ0) is 21.6. The van der Waals surface area contributed by atoms with E-state index in [0.717, 1.165) is 28.1 Å². The Kier molecular flexibility index (Phi) is 6.13. The molecule has 1 atom stereocenters. The number of carboxylic acids is 1. The fourth-order valence-electron chi connectivity index (χ4n) is 3.49. The number of aliphatic carboxylic acids is 1. The van der Waals surface area contributed by atoms with Gasteiger partial charge in [0.25, 0.3) is 0 Å². The van der Waals surface area contributed by atoms with E-state index in [4.69, 9.17) is 4.42 Å². The highest BCUT2D eigenvalue weighted by Gasteiger charge is 2.18. The highest BCUT2D eigenvalue weighted by Crippen LogP contribution is 2.22. The summed E-state index contributed by atoms with van der Waals surface area (Å²) >= 11 is 0. The van der Waals surface area contributed by atoms with Crippen molar-refractivity contribution in [3.05, 3.63) is 108 Å². The van der Waals surface area contributed by atoms with E-state index in [1.165, 1.54) is 0 Å². The summed E-state index contributed by atoms with van der Waals surface area (Å²) in [6.07, 6.45) is 8.79. The first-order valence-electron chi connectivity index (χ1n) is 10.2. The Balaban J connectivity index is 1.39. The van der Waals surface area contributed by atoms with Gasteiger partial charge in [0.2, 0.25) is 5.89 Å². The SMILES string of the molecule is Cc1oc(-c2ccccc2)nc1CC=Cc1ccc(C[C@@H](C(=O)O)n2cccc2)cc1. The number of oxazole rings is 1. The molecule has 31 heavy (non-hydrogen) atoms. The van der Waals surface area contributed by atoms with E-state index < -0.39 is 12.0 Å². The first kappa shape index (κ1) is 20.4. The minimum absolute atomic E-state index is 0.439. The number of nitrogens with zero attached hydrogens (tertiary/aromatic N) is 2. The number of hydrogen-bond acceptors (Lipinski definition) is 3. The third-order valence-corrected chi connectivity index (χ3v) is 5.22. The fraction of sp³-hybridized carbons (Fsp3) is 0.154. The second kappa shape index (κ2) is 9.30. The van der Waals surface area contributed by atoms with Crippen LogP contribution in [-0.4, -0.2) is 20.6 Å². The number of aryl methyl sites for hydroxylation is 1. The number of aromatic nitrogens is 2. The molecular formula is C26H24N2O3. The van der Waals surface area contributed by atoms with Crippen molar-refractivity contribution >= 4 is 12.0 Å². The Morgan fingerprint density at radius 2 is 1.77 bits per heavy atom. The largest absolute Gasteiger partial charge is 0.480 e. The third kappa shape index (κ3) is 5.01. The van der Waals surface area contributed by atoms with Gasteiger partial charge in [0, 0.05) is 30.8 Å². The average molecular weight is 412 g/mol. The van der Waals surface area contributed by atoms with Gasteiger partial charge in [-0.05, 0) is 42.3 Å². The maximum Gasteiger partial charge on any atom is 0.327 e. The quantitative estimate of drug-likeness (QED) is 0.410. The van der Waals surface area contributed by atoms with Crippen molar-refractivity contribution in [2.75, 3.05) is 0 Å². The Bertz CT molecular complexity index is 1160. The molecule has 4 rings (SSSR count). The summed E-state index contributed by atoms with van der Waals surface area (Å²) in [5, 5.41) is 9.54. The minimum Gasteiger partial charge on any atom is -0.480 e. The van der Waals surface area contributed by atoms with Gasteiger partial charge < -0.3 is 14.1 Å². The van der Waals surface area contributed by atoms with Crippen molar-refractivity contribution in [3.8, 4) is 11.5 Å². The lowest BCUT2D eigenvalue weighted by Crippen LogP contribution is -2.20. The van der Waals surface area contributed by atoms with E-state index >= 15 is 0 Å². The Morgan fingerprint density at radius 3 is 2.45 bits per heavy atom. The molecule has 0 aliphatic rings. The molecule has 4 aromatic rings. The van der Waals surface area contributed by atoms with Crippen molar-refractivity contribution in [2.24, 2.45) is 0 Å². The van der Waals surface area contributed by atoms with Crippen LogP contribution in [-0.2, 0) is 17.6 Å². The van der Waals surface area contributed by atoms with Crippen molar-refractivity contribution in [1.82, 2.24) is 9.55 Å². The Labute approximate surface area is 181 Å². The zero-order valence-corrected chi connectivity index (χ0v) is 17.3. The lowest BCUT2D eigenvalue weighted by molar-refractivity contribution is -0.140. The second-order valence-corrected chi connectivity index (χ2v) is 7.42. The van der Waals surface area contributed by atoms with Gasteiger partial charge in [-0.25, -0.2) is 9.78 Å². The molecule has 0 spiro atoms. The van der Waals surface area contributed by atoms with Crippen LogP contribution < -0.4 is 0 Å². The van der Waals surface area contributed by atoms with Crippen LogP contribution in [0.2, 0.25) is 0 Å². The predicted molar refractivity (Wildman–Crippen MR) is 121 cm³/mol. The smallest absolute Gasteiger partial charge is 0.327 e. The second-order valence-electron chi connectivity index (χ2n) is 7.42. The highest BCUT2D eigenvalue weighted by molar-refractivity contribution is 5.72. The van der Waals surface area contributed by atoms with Gasteiger partial charge in [0.1, 0.15) is 11.8 Å². The van der Waals surface area contributed by atoms with Crippen molar-refractivity contribution in [1.29, 1.82) is 0 Å². The van der Waals surface area contributed by atoms with E-state index in [-0.39, 0.29) is 0 Å². The topological polar surface area (TPSA) is 68.3 Å². The number of allylic oxidation sites excluding steroid dienone is 1. The predicted octanol–water partition coefficient (Wildman–Crippen LogP) is 5.58. The molecule has 0 aliphatic carbocycles. The molecule has 0 fully saturated rings. The lowest BCUT2D eigenvalue weighted by Gasteiger charge is -2.14. The van der Waals surface area contributed by atoms with Crippen LogP contribution >= 0.6 is 0 Å². The summed E-state index contributed by atoms with van der Waals surface area (Å²) in [6.45, 7) is 1.93. The lowest BCUT2D eigenvalue weighted by atomic mass is 10.0. The fourth-order valence-corrected chi connectivity index (χ4v) is 3.49. The summed E-state index contributed by atoms with van der Waals surface area (Å²) in [5.74, 6) is 0.628. The van der Waals surface area contributed by atoms with Gasteiger partial charge in [-0.1, -0.05) is 54.6 Å². The molecule has 2 heterocycles. The third-order valence-electron chi connectivity index (χ3n) is 5.22. The zero-order valence-electron chi connectivity index (χ0n) is 17.3. The molecule has 0 unspecified atom stereocenters. The number of hydrogen-bond donors (Lipinski definition) is 1. The van der Waals surface area contributed by atoms with Crippen LogP contribution in [0.15, 0.2) is 89.6 Å². The summed E-state index contributed by atoms with van der Waals surface area (Å²) in [4.78, 5) is 16.2. The molecule has 0 aliphatic heterocycles. The normalized spacial score (nSPS) is 12.3. The highest BCUT2D eigenvalue weighted by atomic mass is 16.4. The summed E-state index contributed by atoms with van der Waals surface area (Å²) in [6, 6.07) is 20.9. The molecule has 0 amide bonds. The molecule has 0 bridgehead atoms. The van der Waals surface area contributed by atoms with Crippen molar-refractivity contribution in [2.45, 2.75) is 25.8 Å². The molecule has 0 saturated carbocycles. The molecule has 156 valence electrons. The maximum absolute atomic E-state index is 11.6. The number of benzene rings is 2. The maximum atomic E-state index is 11.6. The number of carboxylic acid groups (broad SMARTS) is 1. The summed E-state index contributed by atoms with van der Waals surface area (Å²) in [7, 11) is 0. The van der Waals surface area contributed by atoms with Crippen LogP contribution in [0.5, 0.6) is 0 Å². The van der Waals surface area contributed by atoms with Gasteiger partial charge in [0.15, 0.2) is 0 Å². The standard InChI is InChI=1S/C26H24N2O3/c1-19-23(27-25(31-19)22-9-3-2-4-10-22)11-7-8-20-12-14-21(15-13-20)18-24(26(29)30)28-16-5-6-17-28/h2-10,12-17,24H,11,18H2,1H3,(H,29,30)/t24-/m0/s1.